The fourth-order valence-electron chi connectivity index (χ4n) is 3.42. The Hall–Kier alpha value is -2.93. The molecule has 0 saturated heterocycles. The smallest absolute Gasteiger partial charge is 0.251 e. The van der Waals surface area contributed by atoms with Crippen LogP contribution in [0.5, 0.6) is 5.88 Å². The topological polar surface area (TPSA) is 101 Å². The van der Waals surface area contributed by atoms with Gasteiger partial charge in [-0.15, -0.1) is 5.10 Å². The Balaban J connectivity index is 1.57. The molecule has 156 valence electrons. The molecule has 1 aliphatic rings. The minimum Gasteiger partial charge on any atom is -0.439 e. The molecule has 3 atom stereocenters. The fraction of sp³-hybridized carbons (Fsp3) is 0.350. The number of aromatic nitrogens is 5. The van der Waals surface area contributed by atoms with Crippen LogP contribution in [-0.2, 0) is 6.42 Å². The first kappa shape index (κ1) is 20.3. The number of H-pyrrole nitrogens is 1. The summed E-state index contributed by atoms with van der Waals surface area (Å²) in [5.74, 6) is 2.19. The Kier molecular flexibility index (Phi) is 6.28. The van der Waals surface area contributed by atoms with Gasteiger partial charge in [0.05, 0.1) is 11.9 Å². The molecule has 0 aromatic carbocycles. The number of nitrogens with zero attached hydrogens (tertiary/aromatic N) is 5. The Morgan fingerprint density at radius 2 is 2.30 bits per heavy atom. The van der Waals surface area contributed by atoms with Gasteiger partial charge in [0.25, 0.3) is 6.10 Å². The van der Waals surface area contributed by atoms with Crippen LogP contribution in [0.25, 0.3) is 0 Å². The standard InChI is InChI=1S/C20H23FN7OP/c1-22-10-16-15(7-14(12-4-5-12)13-3-2-6-23-9-13)25-18(11-24-16)26-17-8-19(28-27-17)29-20(21)30/h2-3,6,8-12,14,20H,4-5,7,30H2,1H3,(H2,25,26,27,28)/t14-,20?/m0/s1. The Labute approximate surface area is 176 Å². The van der Waals surface area contributed by atoms with Crippen LogP contribution < -0.4 is 10.1 Å². The lowest BCUT2D eigenvalue weighted by Crippen LogP contribution is -2.11. The Morgan fingerprint density at radius 1 is 1.43 bits per heavy atom. The van der Waals surface area contributed by atoms with E-state index in [4.69, 9.17) is 9.72 Å². The van der Waals surface area contributed by atoms with Crippen LogP contribution in [-0.4, -0.2) is 44.5 Å². The Morgan fingerprint density at radius 3 is 3.00 bits per heavy atom. The third-order valence-electron chi connectivity index (χ3n) is 4.90. The van der Waals surface area contributed by atoms with E-state index in [0.717, 1.165) is 17.8 Å². The first-order valence-electron chi connectivity index (χ1n) is 9.69. The quantitative estimate of drug-likeness (QED) is 0.400. The summed E-state index contributed by atoms with van der Waals surface area (Å²) in [6.07, 6.45) is 8.73. The number of anilines is 2. The van der Waals surface area contributed by atoms with Crippen molar-refractivity contribution in [1.82, 2.24) is 25.1 Å². The number of rotatable bonds is 9. The average Bonchev–Trinajstić information content (AvgIpc) is 3.49. The molecule has 0 spiro atoms. The molecule has 2 N–H and O–H groups in total. The summed E-state index contributed by atoms with van der Waals surface area (Å²) in [6, 6.07) is 5.65. The zero-order chi connectivity index (χ0) is 20.9. The zero-order valence-corrected chi connectivity index (χ0v) is 17.6. The summed E-state index contributed by atoms with van der Waals surface area (Å²) < 4.78 is 17.8. The van der Waals surface area contributed by atoms with Gasteiger partial charge in [-0.3, -0.25) is 15.1 Å². The highest BCUT2D eigenvalue weighted by molar-refractivity contribution is 7.16. The summed E-state index contributed by atoms with van der Waals surface area (Å²) in [7, 11) is 3.63. The number of alkyl halides is 1. The van der Waals surface area contributed by atoms with Crippen molar-refractivity contribution in [3.8, 4) is 5.88 Å². The second-order valence-corrected chi connectivity index (χ2v) is 7.65. The summed E-state index contributed by atoms with van der Waals surface area (Å²) in [6.45, 7) is 0. The van der Waals surface area contributed by atoms with Gasteiger partial charge in [0.15, 0.2) is 0 Å². The molecule has 3 aromatic heterocycles. The van der Waals surface area contributed by atoms with Gasteiger partial charge in [0.1, 0.15) is 17.3 Å². The minimum atomic E-state index is -1.52. The van der Waals surface area contributed by atoms with E-state index < -0.39 is 6.10 Å². The second-order valence-electron chi connectivity index (χ2n) is 7.12. The van der Waals surface area contributed by atoms with Crippen molar-refractivity contribution in [2.45, 2.75) is 31.3 Å². The van der Waals surface area contributed by atoms with Crippen molar-refractivity contribution in [3.05, 3.63) is 53.7 Å². The number of hydrogen-bond acceptors (Lipinski definition) is 7. The number of aliphatic imine (C=N–C) groups is 1. The maximum atomic E-state index is 13.0. The van der Waals surface area contributed by atoms with Gasteiger partial charge < -0.3 is 10.1 Å². The monoisotopic (exact) mass is 427 g/mol. The van der Waals surface area contributed by atoms with Gasteiger partial charge in [0, 0.05) is 31.7 Å². The lowest BCUT2D eigenvalue weighted by molar-refractivity contribution is 0.147. The molecule has 1 fully saturated rings. The van der Waals surface area contributed by atoms with Crippen molar-refractivity contribution in [1.29, 1.82) is 0 Å². The molecule has 0 radical (unpaired) electrons. The highest BCUT2D eigenvalue weighted by atomic mass is 31.0. The molecular weight excluding hydrogens is 404 g/mol. The van der Waals surface area contributed by atoms with Crippen molar-refractivity contribution in [3.63, 3.8) is 0 Å². The van der Waals surface area contributed by atoms with Crippen molar-refractivity contribution < 1.29 is 9.13 Å². The number of halogens is 1. The predicted octanol–water partition coefficient (Wildman–Crippen LogP) is 3.63. The maximum Gasteiger partial charge on any atom is 0.251 e. The summed E-state index contributed by atoms with van der Waals surface area (Å²) >= 11 is 0. The largest absolute Gasteiger partial charge is 0.439 e. The van der Waals surface area contributed by atoms with E-state index in [1.165, 1.54) is 18.4 Å². The second kappa shape index (κ2) is 9.26. The van der Waals surface area contributed by atoms with Gasteiger partial charge in [-0.25, -0.2) is 9.97 Å². The molecule has 1 aliphatic carbocycles. The van der Waals surface area contributed by atoms with Gasteiger partial charge in [0.2, 0.25) is 5.88 Å². The maximum absolute atomic E-state index is 13.0. The van der Waals surface area contributed by atoms with E-state index in [-0.39, 0.29) is 5.88 Å². The summed E-state index contributed by atoms with van der Waals surface area (Å²) in [4.78, 5) is 17.7. The number of ether oxygens (including phenoxy) is 1. The van der Waals surface area contributed by atoms with E-state index in [1.54, 1.807) is 31.7 Å². The molecule has 30 heavy (non-hydrogen) atoms. The van der Waals surface area contributed by atoms with Crippen molar-refractivity contribution in [2.24, 2.45) is 10.9 Å². The van der Waals surface area contributed by atoms with E-state index in [9.17, 15) is 4.39 Å². The van der Waals surface area contributed by atoms with Crippen LogP contribution in [0.15, 0.2) is 41.8 Å². The summed E-state index contributed by atoms with van der Waals surface area (Å²) in [5, 5.41) is 9.76. The SMILES string of the molecule is CN=Cc1ncc(Nc2cc(OC(F)P)n[nH]2)nc1C[C@H](c1cccnc1)C1CC1. The molecule has 3 aromatic rings. The first-order chi connectivity index (χ1) is 14.6. The van der Waals surface area contributed by atoms with Gasteiger partial charge in [-0.2, -0.15) is 4.39 Å². The molecule has 2 unspecified atom stereocenters. The number of nitrogens with one attached hydrogen (secondary N) is 2. The van der Waals surface area contributed by atoms with Crippen LogP contribution in [0.1, 0.15) is 35.7 Å². The molecule has 10 heteroatoms. The van der Waals surface area contributed by atoms with Gasteiger partial charge >= 0.3 is 0 Å². The van der Waals surface area contributed by atoms with Gasteiger partial charge in [-0.1, -0.05) is 15.3 Å². The fourth-order valence-corrected chi connectivity index (χ4v) is 3.56. The first-order valence-corrected chi connectivity index (χ1v) is 10.4. The minimum absolute atomic E-state index is 0.147. The van der Waals surface area contributed by atoms with Crippen LogP contribution in [0, 0.1) is 5.92 Å². The normalized spacial score (nSPS) is 15.8. The number of pyridine rings is 1. The van der Waals surface area contributed by atoms with E-state index in [0.29, 0.717) is 23.5 Å². The lowest BCUT2D eigenvalue weighted by atomic mass is 9.90. The average molecular weight is 427 g/mol. The highest BCUT2D eigenvalue weighted by Gasteiger charge is 2.33. The van der Waals surface area contributed by atoms with Crippen LogP contribution in [0.3, 0.4) is 0 Å². The molecule has 1 saturated carbocycles. The van der Waals surface area contributed by atoms with Crippen molar-refractivity contribution in [2.75, 3.05) is 12.4 Å². The van der Waals surface area contributed by atoms with E-state index in [2.05, 4.69) is 36.5 Å². The molecular formula is C20H23FN7OP. The van der Waals surface area contributed by atoms with E-state index in [1.807, 2.05) is 21.5 Å². The molecule has 0 bridgehead atoms. The molecule has 0 amide bonds. The zero-order valence-electron chi connectivity index (χ0n) is 16.5. The third-order valence-corrected chi connectivity index (χ3v) is 5.03. The Bertz CT molecular complexity index is 1010. The highest BCUT2D eigenvalue weighted by Crippen LogP contribution is 2.44. The summed E-state index contributed by atoms with van der Waals surface area (Å²) in [5.41, 5.74) is 2.82. The van der Waals surface area contributed by atoms with Crippen molar-refractivity contribution >= 4 is 27.1 Å². The van der Waals surface area contributed by atoms with Crippen LogP contribution >= 0.6 is 9.24 Å². The third kappa shape index (κ3) is 5.16. The molecule has 4 rings (SSSR count). The number of aromatic amines is 1. The number of hydrogen-bond donors (Lipinski definition) is 2. The van der Waals surface area contributed by atoms with Gasteiger partial charge in [-0.05, 0) is 42.7 Å². The lowest BCUT2D eigenvalue weighted by Gasteiger charge is -2.17. The predicted molar refractivity (Wildman–Crippen MR) is 116 cm³/mol. The molecule has 3 heterocycles. The van der Waals surface area contributed by atoms with Crippen LogP contribution in [0.4, 0.5) is 16.0 Å². The molecule has 8 nitrogen and oxygen atoms in total. The van der Waals surface area contributed by atoms with E-state index >= 15 is 0 Å². The van der Waals surface area contributed by atoms with Crippen LogP contribution in [0.2, 0.25) is 0 Å². The molecule has 0 aliphatic heterocycles.